The number of esters is 1. The number of fused-ring (bicyclic) bond motifs is 3. The monoisotopic (exact) mass is 1400 g/mol. The smallest absolute Gasteiger partial charge is 0.330 e. The number of carbonyl (C=O) groups excluding carboxylic acids is 2. The van der Waals surface area contributed by atoms with E-state index in [2.05, 4.69) is 30.8 Å². The zero-order valence-electron chi connectivity index (χ0n) is 55.0. The Balaban J connectivity index is 0.000000149. The maximum absolute atomic E-state index is 13.4. The number of aromatic nitrogens is 10. The molecule has 3 atom stereocenters. The molecule has 8 aromatic rings. The molecule has 3 aliphatic heterocycles. The standard InChI is InChI=1S/C23H29N5O4S.C20H26N2O5S.C19H24N2O5S.C4H7N3.ClH/c1-15-3-6-19-18(22(15)33(30,31)17-4-5-17)14-24-28(19)20(13-16-8-11-32-12-9-16)23(29)25-21-7-10-27(2)26-21;1-13-3-6-17-16(19(13)28(24,25)15-4-5-15)12-21-22(17)18(20(23)26-2)11-14-7-9-27-10-8-14;1-12-2-5-16-15(18(12)27(24,25)14-3-4-14)11-20-21(16)17(19(22)23)10-13-6-8-26-9-7-13;1-7-3-2-4(5)6-7;/h3,6-7,10,14,16-17,20H,4-5,8-9,11-13H2,1-2H3,(H,25,26,29);3,6,12,14-15,18H,4-5,7-11H2,1-2H3;2,5,11,13-14,17H,3-4,6-10H2,1H3,(H,22,23);2-3H,1H3,(H2,5,6);1H. The molecule has 3 aliphatic carbocycles. The number of sulfone groups is 3. The van der Waals surface area contributed by atoms with Gasteiger partial charge in [0.15, 0.2) is 35.3 Å². The summed E-state index contributed by atoms with van der Waals surface area (Å²) < 4.78 is 107. The van der Waals surface area contributed by atoms with Crippen molar-refractivity contribution in [3.05, 3.63) is 96.2 Å². The SMILES string of the molecule is COC(=O)C(CC1CCOCC1)n1ncc2c(S(=O)(=O)C3CC3)c(C)ccc21.Cc1ccc2c(cnn2C(CC2CCOCC2)C(=O)Nc2ccn(C)n2)c1S(=O)(=O)C1CC1.Cc1ccc2c(cnn2C(CC2CCOCC2)C(=O)O)c1S(=O)(=O)C1CC1.Cl.Cn1ccc(N)n1. The molecule has 26 nitrogen and oxygen atoms in total. The van der Waals surface area contributed by atoms with Gasteiger partial charge in [-0.3, -0.25) is 28.2 Å². The molecule has 5 aromatic heterocycles. The van der Waals surface area contributed by atoms with E-state index in [-0.39, 0.29) is 46.0 Å². The fourth-order valence-corrected chi connectivity index (χ4v) is 19.4. The number of hydrogen-bond acceptors (Lipinski definition) is 19. The predicted molar refractivity (Wildman–Crippen MR) is 362 cm³/mol. The van der Waals surface area contributed by atoms with E-state index in [4.69, 9.17) is 24.7 Å². The molecular formula is C66H87ClN12O14S3. The van der Waals surface area contributed by atoms with E-state index >= 15 is 0 Å². The average Bonchev–Trinajstić information content (AvgIpc) is 1.57. The first-order chi connectivity index (χ1) is 45.5. The van der Waals surface area contributed by atoms with E-state index < -0.39 is 53.6 Å². The van der Waals surface area contributed by atoms with Gasteiger partial charge in [0, 0.05) is 88.4 Å². The molecule has 1 amide bonds. The lowest BCUT2D eigenvalue weighted by atomic mass is 9.92. The fraction of sp³-hybridized carbons (Fsp3) is 0.545. The van der Waals surface area contributed by atoms with Gasteiger partial charge in [0.1, 0.15) is 23.9 Å². The zero-order valence-corrected chi connectivity index (χ0v) is 58.3. The zero-order chi connectivity index (χ0) is 67.5. The number of ether oxygens (including phenoxy) is 4. The number of methoxy groups -OCH3 is 1. The number of carboxylic acids is 1. The minimum absolute atomic E-state index is 0. The van der Waals surface area contributed by atoms with Crippen molar-refractivity contribution in [2.24, 2.45) is 31.8 Å². The van der Waals surface area contributed by atoms with Crippen LogP contribution in [0.1, 0.15) is 131 Å². The molecule has 30 heteroatoms. The van der Waals surface area contributed by atoms with Crippen LogP contribution >= 0.6 is 12.4 Å². The summed E-state index contributed by atoms with van der Waals surface area (Å²) in [7, 11) is -5.19. The number of benzene rings is 3. The van der Waals surface area contributed by atoms with Crippen molar-refractivity contribution in [3.63, 3.8) is 0 Å². The first kappa shape index (κ1) is 71.5. The van der Waals surface area contributed by atoms with Gasteiger partial charge in [0.05, 0.1) is 72.7 Å². The van der Waals surface area contributed by atoms with Gasteiger partial charge in [-0.25, -0.2) is 34.8 Å². The van der Waals surface area contributed by atoms with Crippen molar-refractivity contribution in [2.75, 3.05) is 57.8 Å². The second-order valence-corrected chi connectivity index (χ2v) is 32.5. The third-order valence-corrected chi connectivity index (χ3v) is 26.2. The lowest BCUT2D eigenvalue weighted by molar-refractivity contribution is -0.145. The Labute approximate surface area is 565 Å². The third-order valence-electron chi connectivity index (χ3n) is 18.9. The third kappa shape index (κ3) is 16.0. The van der Waals surface area contributed by atoms with Gasteiger partial charge in [-0.15, -0.1) is 12.4 Å². The van der Waals surface area contributed by atoms with Crippen LogP contribution in [0.4, 0.5) is 11.6 Å². The maximum atomic E-state index is 13.4. The van der Waals surface area contributed by atoms with Gasteiger partial charge in [-0.05, 0) is 176 Å². The van der Waals surface area contributed by atoms with Crippen molar-refractivity contribution in [1.29, 1.82) is 0 Å². The summed E-state index contributed by atoms with van der Waals surface area (Å²) in [5.74, 6) is 0.458. The normalized spacial score (nSPS) is 18.4. The molecule has 96 heavy (non-hydrogen) atoms. The van der Waals surface area contributed by atoms with Crippen LogP contribution in [-0.2, 0) is 76.9 Å². The summed E-state index contributed by atoms with van der Waals surface area (Å²) in [6, 6.07) is 12.4. The predicted octanol–water partition coefficient (Wildman–Crippen LogP) is 8.97. The molecule has 0 radical (unpaired) electrons. The Bertz CT molecular complexity index is 4420. The molecule has 3 saturated heterocycles. The van der Waals surface area contributed by atoms with E-state index in [9.17, 15) is 44.7 Å². The summed E-state index contributed by atoms with van der Waals surface area (Å²) in [5, 5.41) is 34.9. The molecule has 0 bridgehead atoms. The summed E-state index contributed by atoms with van der Waals surface area (Å²) in [5.41, 5.74) is 9.26. The highest BCUT2D eigenvalue weighted by Crippen LogP contribution is 2.43. The minimum atomic E-state index is -3.41. The number of nitrogens with one attached hydrogen (secondary N) is 1. The Hall–Kier alpha value is -7.28. The van der Waals surface area contributed by atoms with Gasteiger partial charge in [0.25, 0.3) is 0 Å². The highest BCUT2D eigenvalue weighted by molar-refractivity contribution is 7.93. The highest BCUT2D eigenvalue weighted by atomic mass is 35.5. The van der Waals surface area contributed by atoms with Crippen LogP contribution in [-0.4, -0.2) is 160 Å². The summed E-state index contributed by atoms with van der Waals surface area (Å²) in [6.07, 6.45) is 19.3. The average molecular weight is 1400 g/mol. The van der Waals surface area contributed by atoms with Gasteiger partial charge in [-0.1, -0.05) is 18.2 Å². The summed E-state index contributed by atoms with van der Waals surface area (Å²) in [4.78, 5) is 39.0. The molecule has 3 aromatic carbocycles. The van der Waals surface area contributed by atoms with Crippen molar-refractivity contribution in [3.8, 4) is 0 Å². The number of nitrogen functional groups attached to an aromatic ring is 1. The van der Waals surface area contributed by atoms with E-state index in [0.29, 0.717) is 179 Å². The molecule has 520 valence electrons. The van der Waals surface area contributed by atoms with Crippen molar-refractivity contribution < 1.29 is 63.7 Å². The first-order valence-electron chi connectivity index (χ1n) is 32.7. The largest absolute Gasteiger partial charge is 0.480 e. The Morgan fingerprint density at radius 3 is 1.19 bits per heavy atom. The first-order valence-corrected chi connectivity index (χ1v) is 37.3. The number of amides is 1. The highest BCUT2D eigenvalue weighted by Gasteiger charge is 2.43. The van der Waals surface area contributed by atoms with Crippen LogP contribution < -0.4 is 11.1 Å². The fourth-order valence-electron chi connectivity index (χ4n) is 13.2. The number of rotatable bonds is 19. The van der Waals surface area contributed by atoms with Gasteiger partial charge in [-0.2, -0.15) is 25.5 Å². The van der Waals surface area contributed by atoms with Crippen LogP contribution in [0.5, 0.6) is 0 Å². The van der Waals surface area contributed by atoms with Crippen LogP contribution in [0.25, 0.3) is 32.7 Å². The number of aryl methyl sites for hydroxylation is 5. The minimum Gasteiger partial charge on any atom is -0.480 e. The molecule has 6 aliphatic rings. The Morgan fingerprint density at radius 1 is 0.531 bits per heavy atom. The second-order valence-electron chi connectivity index (χ2n) is 26.0. The van der Waals surface area contributed by atoms with Crippen LogP contribution in [0.3, 0.4) is 0 Å². The molecule has 14 rings (SSSR count). The van der Waals surface area contributed by atoms with Crippen LogP contribution in [0, 0.1) is 38.5 Å². The van der Waals surface area contributed by atoms with Gasteiger partial charge >= 0.3 is 11.9 Å². The van der Waals surface area contributed by atoms with E-state index in [0.717, 1.165) is 44.1 Å². The quantitative estimate of drug-likeness (QED) is 0.0635. The number of nitrogens with zero attached hydrogens (tertiary/aromatic N) is 10. The lowest BCUT2D eigenvalue weighted by Gasteiger charge is -2.26. The second kappa shape index (κ2) is 30.2. The van der Waals surface area contributed by atoms with Crippen molar-refractivity contribution >= 4 is 104 Å². The molecule has 3 saturated carbocycles. The van der Waals surface area contributed by atoms with Crippen molar-refractivity contribution in [1.82, 2.24) is 48.9 Å². The van der Waals surface area contributed by atoms with E-state index in [1.165, 1.54) is 18.0 Å². The summed E-state index contributed by atoms with van der Waals surface area (Å²) in [6.45, 7) is 9.47. The molecule has 0 spiro atoms. The summed E-state index contributed by atoms with van der Waals surface area (Å²) >= 11 is 0. The molecular weight excluding hydrogens is 1320 g/mol. The number of halogens is 1. The number of hydrogen-bond donors (Lipinski definition) is 3. The van der Waals surface area contributed by atoms with Crippen molar-refractivity contribution in [2.45, 2.75) is 166 Å². The number of anilines is 2. The lowest BCUT2D eigenvalue weighted by Crippen LogP contribution is -2.30. The topological polar surface area (TPSA) is 338 Å². The molecule has 3 unspecified atom stereocenters. The van der Waals surface area contributed by atoms with Crippen LogP contribution in [0.15, 0.2) is 94.2 Å². The Morgan fingerprint density at radius 2 is 0.875 bits per heavy atom. The molecule has 4 N–H and O–H groups in total. The van der Waals surface area contributed by atoms with E-state index in [1.54, 1.807) is 87.8 Å². The van der Waals surface area contributed by atoms with Crippen LogP contribution in [0.2, 0.25) is 0 Å². The van der Waals surface area contributed by atoms with Gasteiger partial charge < -0.3 is 35.1 Å². The number of nitrogens with two attached hydrogens (primary N) is 1. The number of aliphatic carboxylic acids is 1. The van der Waals surface area contributed by atoms with E-state index in [1.807, 2.05) is 39.1 Å². The number of carbonyl (C=O) groups is 3. The number of carboxylic acid groups (broad SMARTS) is 1. The molecule has 6 fully saturated rings. The van der Waals surface area contributed by atoms with Gasteiger partial charge in [0.2, 0.25) is 5.91 Å². The molecule has 8 heterocycles. The Kier molecular flexibility index (Phi) is 22.5. The maximum Gasteiger partial charge on any atom is 0.330 e.